The van der Waals surface area contributed by atoms with Crippen molar-refractivity contribution in [2.45, 2.75) is 19.8 Å². The smallest absolute Gasteiger partial charge is 0.323 e. The summed E-state index contributed by atoms with van der Waals surface area (Å²) < 4.78 is 7.70. The van der Waals surface area contributed by atoms with Gasteiger partial charge in [-0.05, 0) is 66.1 Å². The average molecular weight is 521 g/mol. The van der Waals surface area contributed by atoms with Gasteiger partial charge < -0.3 is 24.8 Å². The number of morpholine rings is 1. The van der Waals surface area contributed by atoms with Gasteiger partial charge in [-0.2, -0.15) is 0 Å². The summed E-state index contributed by atoms with van der Waals surface area (Å²) >= 11 is 0. The summed E-state index contributed by atoms with van der Waals surface area (Å²) in [5.41, 5.74) is 5.62. The predicted molar refractivity (Wildman–Crippen MR) is 158 cm³/mol. The van der Waals surface area contributed by atoms with Crippen LogP contribution in [0.3, 0.4) is 0 Å². The van der Waals surface area contributed by atoms with Crippen molar-refractivity contribution in [2.75, 3.05) is 41.8 Å². The molecule has 39 heavy (non-hydrogen) atoms. The van der Waals surface area contributed by atoms with Crippen molar-refractivity contribution in [3.05, 3.63) is 78.5 Å². The number of nitrogens with one attached hydrogen (secondary N) is 2. The number of amides is 2. The minimum atomic E-state index is -0.289. The summed E-state index contributed by atoms with van der Waals surface area (Å²) in [6, 6.07) is 21.6. The van der Waals surface area contributed by atoms with Gasteiger partial charge in [0, 0.05) is 59.6 Å². The molecule has 198 valence electrons. The zero-order chi connectivity index (χ0) is 26.9. The summed E-state index contributed by atoms with van der Waals surface area (Å²) in [5.74, 6) is 2.03. The molecular weight excluding hydrogens is 488 g/mol. The fourth-order valence-electron chi connectivity index (χ4n) is 5.02. The van der Waals surface area contributed by atoms with E-state index in [2.05, 4.69) is 58.3 Å². The number of benzene rings is 3. The predicted octanol–water partition coefficient (Wildman–Crippen LogP) is 6.39. The number of carbonyl (C=O) groups excluding carboxylic acids is 1. The maximum Gasteiger partial charge on any atom is 0.323 e. The van der Waals surface area contributed by atoms with Gasteiger partial charge in [-0.3, -0.25) is 0 Å². The molecule has 0 spiro atoms. The quantitative estimate of drug-likeness (QED) is 0.280. The van der Waals surface area contributed by atoms with Gasteiger partial charge in [-0.1, -0.05) is 26.0 Å². The number of ether oxygens (including phenoxy) is 1. The number of fused-ring (bicyclic) bond motifs is 3. The maximum absolute atomic E-state index is 12.6. The third-order valence-electron chi connectivity index (χ3n) is 7.26. The molecule has 3 aromatic carbocycles. The van der Waals surface area contributed by atoms with Crippen molar-refractivity contribution in [3.63, 3.8) is 0 Å². The fourth-order valence-corrected chi connectivity index (χ4v) is 5.02. The van der Waals surface area contributed by atoms with E-state index in [9.17, 15) is 4.79 Å². The average Bonchev–Trinajstić information content (AvgIpc) is 3.34. The Morgan fingerprint density at radius 2 is 1.51 bits per heavy atom. The first-order valence-electron chi connectivity index (χ1n) is 13.3. The summed E-state index contributed by atoms with van der Waals surface area (Å²) in [6.45, 7) is 7.23. The van der Waals surface area contributed by atoms with Crippen LogP contribution >= 0.6 is 0 Å². The van der Waals surface area contributed by atoms with Crippen molar-refractivity contribution < 1.29 is 9.53 Å². The highest BCUT2D eigenvalue weighted by molar-refractivity contribution is 6.08. The van der Waals surface area contributed by atoms with E-state index in [-0.39, 0.29) is 6.03 Å². The van der Waals surface area contributed by atoms with Crippen LogP contribution < -0.4 is 15.5 Å². The molecule has 8 heteroatoms. The molecular formula is C31H32N6O2. The lowest BCUT2D eigenvalue weighted by Gasteiger charge is -2.29. The van der Waals surface area contributed by atoms with E-state index < -0.39 is 0 Å². The highest BCUT2D eigenvalue weighted by atomic mass is 16.5. The van der Waals surface area contributed by atoms with E-state index in [4.69, 9.17) is 14.7 Å². The first kappa shape index (κ1) is 24.9. The summed E-state index contributed by atoms with van der Waals surface area (Å²) in [7, 11) is 2.04. The molecule has 2 N–H and O–H groups in total. The second-order valence-corrected chi connectivity index (χ2v) is 10.2. The molecule has 5 aromatic rings. The van der Waals surface area contributed by atoms with Crippen LogP contribution in [0.2, 0.25) is 0 Å². The summed E-state index contributed by atoms with van der Waals surface area (Å²) in [5, 5.41) is 7.94. The molecule has 2 amide bonds. The SMILES string of the molecule is CC(C)c1ccc(NC(=O)Nc2ccc(-c3nc(N4CCOCC4)c4ccc5c(ccn5C)c4n3)cc2)cc1. The molecule has 0 bridgehead atoms. The Balaban J connectivity index is 1.28. The van der Waals surface area contributed by atoms with Crippen molar-refractivity contribution in [1.82, 2.24) is 14.5 Å². The second-order valence-electron chi connectivity index (χ2n) is 10.2. The third kappa shape index (κ3) is 5.03. The Morgan fingerprint density at radius 1 is 0.846 bits per heavy atom. The fraction of sp³-hybridized carbons (Fsp3) is 0.258. The van der Waals surface area contributed by atoms with E-state index >= 15 is 0 Å². The van der Waals surface area contributed by atoms with Crippen LogP contribution in [0.15, 0.2) is 72.9 Å². The number of carbonyl (C=O) groups is 1. The molecule has 3 heterocycles. The Bertz CT molecular complexity index is 1630. The van der Waals surface area contributed by atoms with Crippen LogP contribution in [-0.2, 0) is 11.8 Å². The third-order valence-corrected chi connectivity index (χ3v) is 7.26. The molecule has 0 radical (unpaired) electrons. The minimum absolute atomic E-state index is 0.289. The maximum atomic E-state index is 12.6. The Kier molecular flexibility index (Phi) is 6.62. The van der Waals surface area contributed by atoms with Crippen molar-refractivity contribution in [2.24, 2.45) is 7.05 Å². The highest BCUT2D eigenvalue weighted by Crippen LogP contribution is 2.33. The first-order valence-corrected chi connectivity index (χ1v) is 13.3. The van der Waals surface area contributed by atoms with E-state index in [1.807, 2.05) is 55.6 Å². The molecule has 0 aliphatic carbocycles. The zero-order valence-corrected chi connectivity index (χ0v) is 22.4. The molecule has 0 saturated carbocycles. The minimum Gasteiger partial charge on any atom is -0.378 e. The number of hydrogen-bond donors (Lipinski definition) is 2. The summed E-state index contributed by atoms with van der Waals surface area (Å²) in [6.07, 6.45) is 2.06. The summed E-state index contributed by atoms with van der Waals surface area (Å²) in [4.78, 5) is 24.9. The number of aryl methyl sites for hydroxylation is 1. The Morgan fingerprint density at radius 3 is 2.18 bits per heavy atom. The standard InChI is InChI=1S/C31H32N6O2/c1-20(2)21-4-8-23(9-5-21)32-31(38)33-24-10-6-22(7-11-24)29-34-28-25-14-15-36(3)27(25)13-12-26(28)30(35-29)37-16-18-39-19-17-37/h4-15,20H,16-19H2,1-3H3,(H2,32,33,38). The Hall–Kier alpha value is -4.43. The number of nitrogens with zero attached hydrogens (tertiary/aromatic N) is 4. The second kappa shape index (κ2) is 10.4. The van der Waals surface area contributed by atoms with Gasteiger partial charge in [0.05, 0.1) is 18.7 Å². The van der Waals surface area contributed by atoms with E-state index in [0.717, 1.165) is 52.0 Å². The number of aromatic nitrogens is 3. The van der Waals surface area contributed by atoms with Gasteiger partial charge in [0.2, 0.25) is 0 Å². The van der Waals surface area contributed by atoms with E-state index in [1.165, 1.54) is 5.56 Å². The van der Waals surface area contributed by atoms with Gasteiger partial charge in [0.25, 0.3) is 0 Å². The van der Waals surface area contributed by atoms with Gasteiger partial charge >= 0.3 is 6.03 Å². The lowest BCUT2D eigenvalue weighted by Crippen LogP contribution is -2.37. The topological polar surface area (TPSA) is 84.3 Å². The zero-order valence-electron chi connectivity index (χ0n) is 22.4. The van der Waals surface area contributed by atoms with Gasteiger partial charge in [0.1, 0.15) is 5.82 Å². The van der Waals surface area contributed by atoms with Crippen molar-refractivity contribution in [1.29, 1.82) is 0 Å². The Labute approximate surface area is 227 Å². The van der Waals surface area contributed by atoms with E-state index in [1.54, 1.807) is 0 Å². The number of hydrogen-bond acceptors (Lipinski definition) is 5. The van der Waals surface area contributed by atoms with Gasteiger partial charge in [-0.25, -0.2) is 14.8 Å². The number of urea groups is 1. The van der Waals surface area contributed by atoms with Crippen LogP contribution in [0, 0.1) is 0 Å². The molecule has 0 atom stereocenters. The monoisotopic (exact) mass is 520 g/mol. The van der Waals surface area contributed by atoms with Crippen LogP contribution in [0.4, 0.5) is 22.0 Å². The van der Waals surface area contributed by atoms with Gasteiger partial charge in [0.15, 0.2) is 5.82 Å². The van der Waals surface area contributed by atoms with Crippen molar-refractivity contribution >= 4 is 45.0 Å². The molecule has 1 saturated heterocycles. The van der Waals surface area contributed by atoms with Crippen LogP contribution in [0.5, 0.6) is 0 Å². The molecule has 8 nitrogen and oxygen atoms in total. The molecule has 6 rings (SSSR count). The largest absolute Gasteiger partial charge is 0.378 e. The normalized spacial score (nSPS) is 13.8. The van der Waals surface area contributed by atoms with Gasteiger partial charge in [-0.15, -0.1) is 0 Å². The molecule has 0 unspecified atom stereocenters. The lowest BCUT2D eigenvalue weighted by molar-refractivity contribution is 0.122. The highest BCUT2D eigenvalue weighted by Gasteiger charge is 2.20. The first-order chi connectivity index (χ1) is 19.0. The van der Waals surface area contributed by atoms with Crippen LogP contribution in [0.25, 0.3) is 33.2 Å². The lowest BCUT2D eigenvalue weighted by atomic mass is 10.0. The van der Waals surface area contributed by atoms with Crippen LogP contribution in [-0.4, -0.2) is 46.9 Å². The van der Waals surface area contributed by atoms with E-state index in [0.29, 0.717) is 30.6 Å². The molecule has 1 fully saturated rings. The van der Waals surface area contributed by atoms with Crippen molar-refractivity contribution in [3.8, 4) is 11.4 Å². The number of anilines is 3. The molecule has 1 aliphatic heterocycles. The molecule has 2 aromatic heterocycles. The number of rotatable bonds is 5. The molecule has 1 aliphatic rings. The van der Waals surface area contributed by atoms with Crippen LogP contribution in [0.1, 0.15) is 25.3 Å².